The van der Waals surface area contributed by atoms with Crippen LogP contribution in [0, 0.1) is 11.3 Å². The molecule has 2 amide bonds. The molecule has 0 saturated heterocycles. The summed E-state index contributed by atoms with van der Waals surface area (Å²) in [6.45, 7) is 0.553. The number of aromatic nitrogens is 4. The molecule has 0 atom stereocenters. The van der Waals surface area contributed by atoms with Gasteiger partial charge in [0.05, 0.1) is 17.8 Å². The van der Waals surface area contributed by atoms with Gasteiger partial charge in [-0.1, -0.05) is 12.1 Å². The van der Waals surface area contributed by atoms with Gasteiger partial charge in [-0.3, -0.25) is 24.0 Å². The molecule has 37 heavy (non-hydrogen) atoms. The molecule has 3 heterocycles. The van der Waals surface area contributed by atoms with Crippen LogP contribution in [0.5, 0.6) is 0 Å². The summed E-state index contributed by atoms with van der Waals surface area (Å²) in [5, 5.41) is 16.0. The van der Waals surface area contributed by atoms with Crippen LogP contribution in [0.3, 0.4) is 0 Å². The zero-order chi connectivity index (χ0) is 26.2. The van der Waals surface area contributed by atoms with Gasteiger partial charge >= 0.3 is 0 Å². The molecular weight excluding hydrogens is 496 g/mol. The molecule has 0 unspecified atom stereocenters. The molecule has 2 aliphatic rings. The molecule has 2 N–H and O–H groups in total. The summed E-state index contributed by atoms with van der Waals surface area (Å²) in [6.07, 6.45) is 5.40. The zero-order valence-corrected chi connectivity index (χ0v) is 20.8. The fraction of sp³-hybridized carbons (Fsp3) is 0.333. The van der Waals surface area contributed by atoms with Gasteiger partial charge < -0.3 is 10.2 Å². The molecule has 1 saturated carbocycles. The van der Waals surface area contributed by atoms with Crippen LogP contribution in [0.15, 0.2) is 42.9 Å². The zero-order valence-electron chi connectivity index (χ0n) is 20.0. The quantitative estimate of drug-likeness (QED) is 0.444. The van der Waals surface area contributed by atoms with E-state index in [4.69, 9.17) is 5.26 Å². The van der Waals surface area contributed by atoms with E-state index in [1.807, 2.05) is 6.07 Å². The van der Waals surface area contributed by atoms with Crippen molar-refractivity contribution in [2.75, 3.05) is 17.8 Å². The molecule has 1 aliphatic carbocycles. The Morgan fingerprint density at radius 2 is 1.97 bits per heavy atom. The van der Waals surface area contributed by atoms with E-state index in [9.17, 15) is 18.0 Å². The predicted molar refractivity (Wildman–Crippen MR) is 132 cm³/mol. The topological polar surface area (TPSA) is 163 Å². The van der Waals surface area contributed by atoms with Crippen molar-refractivity contribution in [2.45, 2.75) is 30.6 Å². The van der Waals surface area contributed by atoms with Crippen LogP contribution in [-0.4, -0.2) is 62.7 Å². The number of anilines is 1. The molecule has 1 fully saturated rings. The average Bonchev–Trinajstić information content (AvgIpc) is 3.61. The van der Waals surface area contributed by atoms with Gasteiger partial charge in [-0.2, -0.15) is 10.4 Å². The molecule has 190 valence electrons. The van der Waals surface area contributed by atoms with Crippen LogP contribution in [0.1, 0.15) is 50.5 Å². The second kappa shape index (κ2) is 9.29. The van der Waals surface area contributed by atoms with Crippen molar-refractivity contribution >= 4 is 27.7 Å². The molecule has 0 bridgehead atoms. The second-order valence-corrected chi connectivity index (χ2v) is 11.2. The Bertz CT molecular complexity index is 1510. The summed E-state index contributed by atoms with van der Waals surface area (Å²) in [5.74, 6) is -0.635. The van der Waals surface area contributed by atoms with Crippen molar-refractivity contribution in [2.24, 2.45) is 7.05 Å². The van der Waals surface area contributed by atoms with Gasteiger partial charge in [0.15, 0.2) is 11.5 Å². The van der Waals surface area contributed by atoms with Crippen molar-refractivity contribution in [3.63, 3.8) is 0 Å². The van der Waals surface area contributed by atoms with Crippen LogP contribution in [-0.2, 0) is 30.0 Å². The van der Waals surface area contributed by atoms with Gasteiger partial charge in [-0.05, 0) is 37.0 Å². The van der Waals surface area contributed by atoms with Crippen LogP contribution in [0.2, 0.25) is 0 Å². The highest BCUT2D eigenvalue weighted by molar-refractivity contribution is 7.94. The number of benzene rings is 1. The summed E-state index contributed by atoms with van der Waals surface area (Å²) in [7, 11) is -2.22. The Balaban J connectivity index is 1.29. The molecular formula is C24H24N8O4S. The number of carbonyl (C=O) groups excluding carboxylic acids is 2. The molecule has 12 nitrogen and oxygen atoms in total. The number of nitrogens with zero attached hydrogens (tertiary/aromatic N) is 6. The van der Waals surface area contributed by atoms with E-state index in [2.05, 4.69) is 25.1 Å². The van der Waals surface area contributed by atoms with E-state index in [1.165, 1.54) is 28.2 Å². The summed E-state index contributed by atoms with van der Waals surface area (Å²) in [4.78, 5) is 35.6. The highest BCUT2D eigenvalue weighted by atomic mass is 32.2. The monoisotopic (exact) mass is 520 g/mol. The van der Waals surface area contributed by atoms with E-state index in [0.717, 1.165) is 5.56 Å². The first-order valence-electron chi connectivity index (χ1n) is 11.6. The number of aryl methyl sites for hydroxylation is 1. The van der Waals surface area contributed by atoms with Crippen LogP contribution in [0.4, 0.5) is 5.82 Å². The lowest BCUT2D eigenvalue weighted by atomic mass is 10.0. The molecule has 0 spiro atoms. The van der Waals surface area contributed by atoms with Gasteiger partial charge in [0, 0.05) is 44.6 Å². The lowest BCUT2D eigenvalue weighted by Crippen LogP contribution is -2.47. The summed E-state index contributed by atoms with van der Waals surface area (Å²) in [5.41, 5.74) is 2.36. The summed E-state index contributed by atoms with van der Waals surface area (Å²) >= 11 is 0. The van der Waals surface area contributed by atoms with E-state index in [0.29, 0.717) is 30.4 Å². The lowest BCUT2D eigenvalue weighted by Gasteiger charge is -2.31. The molecule has 3 aromatic rings. The summed E-state index contributed by atoms with van der Waals surface area (Å²) in [6, 6.07) is 8.91. The minimum atomic E-state index is -3.81. The third-order valence-electron chi connectivity index (χ3n) is 6.68. The second-order valence-electron chi connectivity index (χ2n) is 9.15. The number of nitriles is 1. The summed E-state index contributed by atoms with van der Waals surface area (Å²) < 4.78 is 28.9. The Kier molecular flexibility index (Phi) is 6.12. The van der Waals surface area contributed by atoms with Crippen molar-refractivity contribution < 1.29 is 18.0 Å². The third-order valence-corrected chi connectivity index (χ3v) is 8.83. The molecule has 5 rings (SSSR count). The molecule has 1 aliphatic heterocycles. The number of hydrogen-bond donors (Lipinski definition) is 2. The molecule has 1 aromatic carbocycles. The van der Waals surface area contributed by atoms with E-state index in [1.54, 1.807) is 31.3 Å². The van der Waals surface area contributed by atoms with Crippen LogP contribution < -0.4 is 10.0 Å². The number of sulfonamides is 1. The number of nitrogens with one attached hydrogen (secondary N) is 2. The Morgan fingerprint density at radius 1 is 1.22 bits per heavy atom. The van der Waals surface area contributed by atoms with E-state index >= 15 is 0 Å². The molecule has 0 radical (unpaired) electrons. The number of hydrogen-bond acceptors (Lipinski definition) is 8. The fourth-order valence-electron chi connectivity index (χ4n) is 4.46. The van der Waals surface area contributed by atoms with Crippen molar-refractivity contribution in [3.8, 4) is 6.07 Å². The van der Waals surface area contributed by atoms with Crippen LogP contribution >= 0.6 is 0 Å². The largest absolute Gasteiger partial charge is 0.347 e. The minimum absolute atomic E-state index is 0.0340. The maximum Gasteiger partial charge on any atom is 0.272 e. The Labute approximate surface area is 213 Å². The first-order chi connectivity index (χ1) is 17.7. The minimum Gasteiger partial charge on any atom is -0.347 e. The molecule has 13 heteroatoms. The number of carbonyl (C=O) groups is 2. The van der Waals surface area contributed by atoms with E-state index < -0.39 is 20.7 Å². The van der Waals surface area contributed by atoms with Gasteiger partial charge in [0.2, 0.25) is 10.0 Å². The van der Waals surface area contributed by atoms with Crippen molar-refractivity contribution in [1.82, 2.24) is 30.0 Å². The van der Waals surface area contributed by atoms with Gasteiger partial charge in [0.25, 0.3) is 11.8 Å². The van der Waals surface area contributed by atoms with Crippen molar-refractivity contribution in [1.29, 1.82) is 5.26 Å². The van der Waals surface area contributed by atoms with Gasteiger partial charge in [-0.15, -0.1) is 0 Å². The lowest BCUT2D eigenvalue weighted by molar-refractivity contribution is 0.0724. The highest BCUT2D eigenvalue weighted by Crippen LogP contribution is 2.45. The molecule has 2 aromatic heterocycles. The Hall–Kier alpha value is -4.31. The average molecular weight is 521 g/mol. The number of amides is 2. The number of fused-ring (bicyclic) bond motifs is 1. The van der Waals surface area contributed by atoms with Gasteiger partial charge in [-0.25, -0.2) is 13.4 Å². The normalized spacial score (nSPS) is 16.0. The maximum absolute atomic E-state index is 13.4. The van der Waals surface area contributed by atoms with Crippen molar-refractivity contribution in [3.05, 3.63) is 70.9 Å². The highest BCUT2D eigenvalue weighted by Gasteiger charge is 2.56. The van der Waals surface area contributed by atoms with Gasteiger partial charge in [0.1, 0.15) is 10.4 Å². The standard InChI is InChI=1S/C24H24N8O4S/c1-31-21-18(20(29-31)22(33)28-13-17-4-2-16(12-25)3-5-17)6-11-32(23(21)34)15-24(7-8-24)37(35,36)30-19-14-26-9-10-27-19/h2-5,9-10,14H,6-8,11,13,15H2,1H3,(H,27,30)(H,28,33). The smallest absolute Gasteiger partial charge is 0.272 e. The SMILES string of the molecule is Cn1nc(C(=O)NCc2ccc(C#N)cc2)c2c1C(=O)N(CC1(S(=O)(=O)Nc3cnccn3)CC1)CC2. The Morgan fingerprint density at radius 3 is 2.62 bits per heavy atom. The van der Waals surface area contributed by atoms with Crippen LogP contribution in [0.25, 0.3) is 0 Å². The van der Waals surface area contributed by atoms with E-state index in [-0.39, 0.29) is 42.7 Å². The first-order valence-corrected chi connectivity index (χ1v) is 13.1. The number of rotatable bonds is 8. The fourth-order valence-corrected chi connectivity index (χ4v) is 6.03. The first kappa shape index (κ1) is 24.4. The maximum atomic E-state index is 13.4. The third kappa shape index (κ3) is 4.63. The predicted octanol–water partition coefficient (Wildman–Crippen LogP) is 0.985.